The van der Waals surface area contributed by atoms with Gasteiger partial charge in [0.15, 0.2) is 0 Å². The van der Waals surface area contributed by atoms with Crippen LogP contribution in [0.25, 0.3) is 0 Å². The molecule has 0 saturated heterocycles. The fourth-order valence-corrected chi connectivity index (χ4v) is 1.64. The van der Waals surface area contributed by atoms with E-state index in [0.717, 1.165) is 12.8 Å². The Bertz CT molecular complexity index is 372. The van der Waals surface area contributed by atoms with Crippen molar-refractivity contribution in [3.63, 3.8) is 0 Å². The fourth-order valence-electron chi connectivity index (χ4n) is 1.64. The molecule has 1 aliphatic rings. The quantitative estimate of drug-likeness (QED) is 0.597. The van der Waals surface area contributed by atoms with Gasteiger partial charge in [0.25, 0.3) is 0 Å². The maximum absolute atomic E-state index is 13.3. The largest absolute Gasteiger partial charge is 0.359 e. The van der Waals surface area contributed by atoms with Gasteiger partial charge in [-0.1, -0.05) is 18.2 Å². The molecule has 0 aromatic heterocycles. The van der Waals surface area contributed by atoms with E-state index in [1.54, 1.807) is 12.1 Å². The zero-order valence-electron chi connectivity index (χ0n) is 8.83. The van der Waals surface area contributed by atoms with Gasteiger partial charge in [0.1, 0.15) is 5.82 Å². The number of nitrogens with one attached hydrogen (secondary N) is 1. The summed E-state index contributed by atoms with van der Waals surface area (Å²) in [5.74, 6) is 0.868. The zero-order valence-corrected chi connectivity index (χ0v) is 8.83. The van der Waals surface area contributed by atoms with Gasteiger partial charge in [0.2, 0.25) is 0 Å². The van der Waals surface area contributed by atoms with Gasteiger partial charge in [-0.05, 0) is 18.9 Å². The average Bonchev–Trinajstić information content (AvgIpc) is 3.04. The van der Waals surface area contributed by atoms with Gasteiger partial charge in [-0.25, -0.2) is 4.39 Å². The van der Waals surface area contributed by atoms with Crippen LogP contribution in [-0.4, -0.2) is 17.8 Å². The summed E-state index contributed by atoms with van der Waals surface area (Å²) in [7, 11) is 1.85. The van der Waals surface area contributed by atoms with Gasteiger partial charge in [0.05, 0.1) is 5.84 Å². The van der Waals surface area contributed by atoms with E-state index in [0.29, 0.717) is 23.9 Å². The molecule has 1 saturated carbocycles. The lowest BCUT2D eigenvalue weighted by atomic mass is 10.2. The van der Waals surface area contributed by atoms with Crippen molar-refractivity contribution < 1.29 is 4.39 Å². The lowest BCUT2D eigenvalue weighted by Crippen LogP contribution is -2.27. The van der Waals surface area contributed by atoms with Gasteiger partial charge < -0.3 is 4.90 Å². The number of hydrogen-bond acceptors (Lipinski definition) is 1. The highest BCUT2D eigenvalue weighted by atomic mass is 19.1. The standard InChI is InChI=1S/C12H15FN2/c1-15(12(14)9-6-7-9)8-10-4-2-3-5-11(10)13/h2-5,9,14H,6-8H2,1H3. The van der Waals surface area contributed by atoms with Crippen molar-refractivity contribution in [3.05, 3.63) is 35.6 Å². The van der Waals surface area contributed by atoms with Crippen LogP contribution >= 0.6 is 0 Å². The van der Waals surface area contributed by atoms with Crippen molar-refractivity contribution in [2.75, 3.05) is 7.05 Å². The number of rotatable bonds is 3. The molecular formula is C12H15FN2. The first-order valence-electron chi connectivity index (χ1n) is 5.21. The molecule has 80 valence electrons. The van der Waals surface area contributed by atoms with Crippen LogP contribution in [0.2, 0.25) is 0 Å². The highest BCUT2D eigenvalue weighted by Crippen LogP contribution is 2.31. The summed E-state index contributed by atoms with van der Waals surface area (Å²) in [6, 6.07) is 6.74. The van der Waals surface area contributed by atoms with E-state index in [1.807, 2.05) is 18.0 Å². The Balaban J connectivity index is 2.01. The Labute approximate surface area is 89.2 Å². The van der Waals surface area contributed by atoms with E-state index in [9.17, 15) is 4.39 Å². The molecule has 3 heteroatoms. The van der Waals surface area contributed by atoms with Gasteiger partial charge in [-0.2, -0.15) is 0 Å². The second kappa shape index (κ2) is 4.01. The van der Waals surface area contributed by atoms with Crippen molar-refractivity contribution in [2.24, 2.45) is 5.92 Å². The normalized spacial score (nSPS) is 15.1. The summed E-state index contributed by atoms with van der Waals surface area (Å²) in [5, 5.41) is 7.84. The number of benzene rings is 1. The number of nitrogens with zero attached hydrogens (tertiary/aromatic N) is 1. The molecule has 0 spiro atoms. The summed E-state index contributed by atoms with van der Waals surface area (Å²) in [5.41, 5.74) is 0.658. The third kappa shape index (κ3) is 2.35. The summed E-state index contributed by atoms with van der Waals surface area (Å²) >= 11 is 0. The minimum absolute atomic E-state index is 0.187. The smallest absolute Gasteiger partial charge is 0.128 e. The molecule has 0 unspecified atom stereocenters. The molecule has 0 bridgehead atoms. The summed E-state index contributed by atoms with van der Waals surface area (Å²) in [4.78, 5) is 1.83. The van der Waals surface area contributed by atoms with E-state index in [-0.39, 0.29) is 5.82 Å². The van der Waals surface area contributed by atoms with Crippen LogP contribution in [0.4, 0.5) is 4.39 Å². The number of amidine groups is 1. The summed E-state index contributed by atoms with van der Waals surface area (Å²) in [6.07, 6.45) is 2.22. The first-order valence-corrected chi connectivity index (χ1v) is 5.21. The molecule has 0 aliphatic heterocycles. The lowest BCUT2D eigenvalue weighted by Gasteiger charge is -2.20. The molecular weight excluding hydrogens is 191 g/mol. The Hall–Kier alpha value is -1.38. The minimum Gasteiger partial charge on any atom is -0.359 e. The maximum Gasteiger partial charge on any atom is 0.128 e. The Morgan fingerprint density at radius 3 is 2.73 bits per heavy atom. The second-order valence-electron chi connectivity index (χ2n) is 4.11. The molecule has 0 heterocycles. The van der Waals surface area contributed by atoms with Crippen LogP contribution in [0.1, 0.15) is 18.4 Å². The van der Waals surface area contributed by atoms with Gasteiger partial charge >= 0.3 is 0 Å². The van der Waals surface area contributed by atoms with Crippen molar-refractivity contribution in [1.82, 2.24) is 4.90 Å². The van der Waals surface area contributed by atoms with Gasteiger partial charge in [-0.15, -0.1) is 0 Å². The SMILES string of the molecule is CN(Cc1ccccc1F)C(=N)C1CC1. The van der Waals surface area contributed by atoms with Crippen LogP contribution in [0.5, 0.6) is 0 Å². The maximum atomic E-state index is 13.3. The monoisotopic (exact) mass is 206 g/mol. The highest BCUT2D eigenvalue weighted by molar-refractivity contribution is 5.83. The molecule has 1 aromatic carbocycles. The highest BCUT2D eigenvalue weighted by Gasteiger charge is 2.28. The second-order valence-corrected chi connectivity index (χ2v) is 4.11. The van der Waals surface area contributed by atoms with E-state index < -0.39 is 0 Å². The van der Waals surface area contributed by atoms with Crippen LogP contribution in [-0.2, 0) is 6.54 Å². The molecule has 2 nitrogen and oxygen atoms in total. The molecule has 15 heavy (non-hydrogen) atoms. The predicted molar refractivity (Wildman–Crippen MR) is 58.3 cm³/mol. The molecule has 1 aliphatic carbocycles. The van der Waals surface area contributed by atoms with Gasteiger partial charge in [0, 0.05) is 25.1 Å². The minimum atomic E-state index is -0.187. The van der Waals surface area contributed by atoms with Crippen LogP contribution in [0.15, 0.2) is 24.3 Å². The topological polar surface area (TPSA) is 27.1 Å². The lowest BCUT2D eigenvalue weighted by molar-refractivity contribution is 0.464. The molecule has 0 radical (unpaired) electrons. The van der Waals surface area contributed by atoms with Crippen molar-refractivity contribution in [2.45, 2.75) is 19.4 Å². The number of halogens is 1. The van der Waals surface area contributed by atoms with Gasteiger partial charge in [-0.3, -0.25) is 5.41 Å². The first-order chi connectivity index (χ1) is 7.18. The van der Waals surface area contributed by atoms with Crippen molar-refractivity contribution in [1.29, 1.82) is 5.41 Å². The van der Waals surface area contributed by atoms with E-state index in [2.05, 4.69) is 0 Å². The van der Waals surface area contributed by atoms with Crippen LogP contribution < -0.4 is 0 Å². The third-order valence-electron chi connectivity index (χ3n) is 2.74. The summed E-state index contributed by atoms with van der Waals surface area (Å²) in [6.45, 7) is 0.488. The third-order valence-corrected chi connectivity index (χ3v) is 2.74. The van der Waals surface area contributed by atoms with Crippen molar-refractivity contribution >= 4 is 5.84 Å². The van der Waals surface area contributed by atoms with Crippen LogP contribution in [0.3, 0.4) is 0 Å². The van der Waals surface area contributed by atoms with Crippen LogP contribution in [0, 0.1) is 17.1 Å². The fraction of sp³-hybridized carbons (Fsp3) is 0.417. The Morgan fingerprint density at radius 1 is 1.47 bits per heavy atom. The zero-order chi connectivity index (χ0) is 10.8. The molecule has 2 rings (SSSR count). The van der Waals surface area contributed by atoms with E-state index in [1.165, 1.54) is 6.07 Å². The average molecular weight is 206 g/mol. The Morgan fingerprint density at radius 2 is 2.13 bits per heavy atom. The first kappa shape index (κ1) is 10.1. The van der Waals surface area contributed by atoms with E-state index in [4.69, 9.17) is 5.41 Å². The molecule has 0 amide bonds. The van der Waals surface area contributed by atoms with Crippen molar-refractivity contribution in [3.8, 4) is 0 Å². The predicted octanol–water partition coefficient (Wildman–Crippen LogP) is 2.64. The Kier molecular flexibility index (Phi) is 2.71. The summed E-state index contributed by atoms with van der Waals surface area (Å²) < 4.78 is 13.3. The molecule has 0 atom stereocenters. The van der Waals surface area contributed by atoms with E-state index >= 15 is 0 Å². The molecule has 1 aromatic rings. The molecule has 1 N–H and O–H groups in total. The molecule has 1 fully saturated rings. The number of hydrogen-bond donors (Lipinski definition) is 1.